The molecule has 0 unspecified atom stereocenters. The Morgan fingerprint density at radius 3 is 2.54 bits per heavy atom. The first-order valence-corrected chi connectivity index (χ1v) is 11.7. The summed E-state index contributed by atoms with van der Waals surface area (Å²) in [4.78, 5) is 14.8. The van der Waals surface area contributed by atoms with Crippen molar-refractivity contribution in [1.29, 1.82) is 0 Å². The van der Waals surface area contributed by atoms with E-state index in [1.165, 1.54) is 0 Å². The van der Waals surface area contributed by atoms with Gasteiger partial charge in [-0.3, -0.25) is 14.4 Å². The van der Waals surface area contributed by atoms with Gasteiger partial charge in [-0.05, 0) is 42.5 Å². The SMILES string of the molecule is COc1ccc(OCC(=O)Nc2ccc(OCCN3CCOCC3)c(-c3c(Cl)cnn3C)c2)cc1. The normalized spacial score (nSPS) is 13.9. The van der Waals surface area contributed by atoms with Crippen molar-refractivity contribution in [2.75, 3.05) is 58.5 Å². The number of anilines is 1. The number of benzene rings is 2. The standard InChI is InChI=1S/C25H29ClN4O5/c1-29-25(22(26)16-27-29)21-15-18(3-8-23(21)34-14-11-30-9-12-33-13-10-30)28-24(31)17-35-20-6-4-19(32-2)5-7-20/h3-8,15-16H,9-14,17H2,1-2H3,(H,28,31). The number of methoxy groups -OCH3 is 1. The molecule has 1 aromatic heterocycles. The Balaban J connectivity index is 1.43. The molecule has 9 nitrogen and oxygen atoms in total. The van der Waals surface area contributed by atoms with E-state index in [1.54, 1.807) is 48.3 Å². The zero-order valence-corrected chi connectivity index (χ0v) is 20.6. The van der Waals surface area contributed by atoms with Crippen LogP contribution < -0.4 is 19.5 Å². The van der Waals surface area contributed by atoms with Gasteiger partial charge in [0.05, 0.1) is 37.2 Å². The number of amides is 1. The van der Waals surface area contributed by atoms with Gasteiger partial charge in [0.2, 0.25) is 0 Å². The molecule has 2 heterocycles. The smallest absolute Gasteiger partial charge is 0.262 e. The Labute approximate surface area is 209 Å². The second-order valence-electron chi connectivity index (χ2n) is 7.99. The molecular weight excluding hydrogens is 472 g/mol. The summed E-state index contributed by atoms with van der Waals surface area (Å²) in [5.41, 5.74) is 2.05. The van der Waals surface area contributed by atoms with Crippen LogP contribution in [0.2, 0.25) is 5.02 Å². The zero-order chi connectivity index (χ0) is 24.6. The lowest BCUT2D eigenvalue weighted by Gasteiger charge is -2.26. The Kier molecular flexibility index (Phi) is 8.46. The molecule has 1 aliphatic rings. The van der Waals surface area contributed by atoms with Gasteiger partial charge in [-0.15, -0.1) is 0 Å². The molecule has 0 saturated carbocycles. The van der Waals surface area contributed by atoms with E-state index in [0.29, 0.717) is 34.5 Å². The number of rotatable bonds is 10. The highest BCUT2D eigenvalue weighted by atomic mass is 35.5. The molecule has 10 heteroatoms. The molecule has 0 radical (unpaired) electrons. The van der Waals surface area contributed by atoms with E-state index in [-0.39, 0.29) is 12.5 Å². The summed E-state index contributed by atoms with van der Waals surface area (Å²) in [5.74, 6) is 1.67. The number of hydrogen-bond acceptors (Lipinski definition) is 7. The van der Waals surface area contributed by atoms with Crippen molar-refractivity contribution < 1.29 is 23.7 Å². The molecule has 1 amide bonds. The van der Waals surface area contributed by atoms with Crippen LogP contribution in [0.1, 0.15) is 0 Å². The van der Waals surface area contributed by atoms with Gasteiger partial charge in [-0.2, -0.15) is 5.10 Å². The molecule has 1 aliphatic heterocycles. The van der Waals surface area contributed by atoms with Gasteiger partial charge in [0, 0.05) is 37.9 Å². The lowest BCUT2D eigenvalue weighted by Crippen LogP contribution is -2.38. The average Bonchev–Trinajstić information content (AvgIpc) is 3.22. The fraction of sp³-hybridized carbons (Fsp3) is 0.360. The maximum atomic E-state index is 12.5. The van der Waals surface area contributed by atoms with Crippen molar-refractivity contribution in [1.82, 2.24) is 14.7 Å². The van der Waals surface area contributed by atoms with Crippen molar-refractivity contribution in [3.05, 3.63) is 53.7 Å². The second-order valence-corrected chi connectivity index (χ2v) is 8.40. The fourth-order valence-corrected chi connectivity index (χ4v) is 4.03. The Hall–Kier alpha value is -3.27. The van der Waals surface area contributed by atoms with Crippen molar-refractivity contribution in [3.63, 3.8) is 0 Å². The van der Waals surface area contributed by atoms with Crippen molar-refractivity contribution in [2.45, 2.75) is 0 Å². The minimum Gasteiger partial charge on any atom is -0.497 e. The maximum Gasteiger partial charge on any atom is 0.262 e. The summed E-state index contributed by atoms with van der Waals surface area (Å²) in [5, 5.41) is 7.61. The topological polar surface area (TPSA) is 87.1 Å². The largest absolute Gasteiger partial charge is 0.497 e. The predicted molar refractivity (Wildman–Crippen MR) is 134 cm³/mol. The molecular formula is C25H29ClN4O5. The maximum absolute atomic E-state index is 12.5. The summed E-state index contributed by atoms with van der Waals surface area (Å²) in [7, 11) is 3.41. The molecule has 1 fully saturated rings. The van der Waals surface area contributed by atoms with Crippen LogP contribution in [-0.2, 0) is 16.6 Å². The molecule has 35 heavy (non-hydrogen) atoms. The van der Waals surface area contributed by atoms with E-state index < -0.39 is 0 Å². The third-order valence-corrected chi connectivity index (χ3v) is 5.89. The summed E-state index contributed by atoms with van der Waals surface area (Å²) in [6.07, 6.45) is 1.59. The molecule has 0 spiro atoms. The number of carbonyl (C=O) groups is 1. The van der Waals surface area contributed by atoms with Crippen LogP contribution >= 0.6 is 11.6 Å². The zero-order valence-electron chi connectivity index (χ0n) is 19.8. The van der Waals surface area contributed by atoms with Crippen LogP contribution in [0.15, 0.2) is 48.7 Å². The van der Waals surface area contributed by atoms with Gasteiger partial charge in [0.25, 0.3) is 5.91 Å². The van der Waals surface area contributed by atoms with E-state index in [0.717, 1.165) is 44.2 Å². The molecule has 0 aliphatic carbocycles. The van der Waals surface area contributed by atoms with E-state index in [2.05, 4.69) is 15.3 Å². The number of nitrogens with zero attached hydrogens (tertiary/aromatic N) is 3. The van der Waals surface area contributed by atoms with Gasteiger partial charge in [0.15, 0.2) is 6.61 Å². The van der Waals surface area contributed by atoms with Crippen LogP contribution in [0.4, 0.5) is 5.69 Å². The number of nitrogens with one attached hydrogen (secondary N) is 1. The number of ether oxygens (including phenoxy) is 4. The Morgan fingerprint density at radius 1 is 1.11 bits per heavy atom. The number of hydrogen-bond donors (Lipinski definition) is 1. The minimum absolute atomic E-state index is 0.133. The first-order chi connectivity index (χ1) is 17.0. The number of carbonyl (C=O) groups excluding carboxylic acids is 1. The van der Waals surface area contributed by atoms with Crippen LogP contribution in [0.25, 0.3) is 11.3 Å². The van der Waals surface area contributed by atoms with Crippen molar-refractivity contribution in [3.8, 4) is 28.5 Å². The van der Waals surface area contributed by atoms with E-state index in [1.807, 2.05) is 19.2 Å². The van der Waals surface area contributed by atoms with Crippen molar-refractivity contribution in [2.24, 2.45) is 7.05 Å². The van der Waals surface area contributed by atoms with Crippen LogP contribution in [0.3, 0.4) is 0 Å². The van der Waals surface area contributed by atoms with Crippen LogP contribution in [0.5, 0.6) is 17.2 Å². The van der Waals surface area contributed by atoms with E-state index in [4.69, 9.17) is 30.5 Å². The third-order valence-electron chi connectivity index (χ3n) is 5.61. The van der Waals surface area contributed by atoms with Gasteiger partial charge in [0.1, 0.15) is 23.9 Å². The molecule has 0 bridgehead atoms. The first-order valence-electron chi connectivity index (χ1n) is 11.3. The first kappa shape index (κ1) is 24.8. The number of aryl methyl sites for hydroxylation is 1. The van der Waals surface area contributed by atoms with E-state index >= 15 is 0 Å². The summed E-state index contributed by atoms with van der Waals surface area (Å²) >= 11 is 6.43. The van der Waals surface area contributed by atoms with E-state index in [9.17, 15) is 4.79 Å². The highest BCUT2D eigenvalue weighted by Gasteiger charge is 2.17. The highest BCUT2D eigenvalue weighted by Crippen LogP contribution is 2.36. The fourth-order valence-electron chi connectivity index (χ4n) is 3.76. The third kappa shape index (κ3) is 6.66. The quantitative estimate of drug-likeness (QED) is 0.456. The molecule has 2 aromatic carbocycles. The minimum atomic E-state index is -0.288. The van der Waals surface area contributed by atoms with Gasteiger partial charge >= 0.3 is 0 Å². The number of halogens is 1. The Morgan fingerprint density at radius 2 is 1.86 bits per heavy atom. The Bertz CT molecular complexity index is 1110. The van der Waals surface area contributed by atoms with Crippen LogP contribution in [0, 0.1) is 0 Å². The predicted octanol–water partition coefficient (Wildman–Crippen LogP) is 3.48. The van der Waals surface area contributed by atoms with Crippen molar-refractivity contribution >= 4 is 23.2 Å². The molecule has 186 valence electrons. The lowest BCUT2D eigenvalue weighted by molar-refractivity contribution is -0.118. The molecule has 1 N–H and O–H groups in total. The lowest BCUT2D eigenvalue weighted by atomic mass is 10.1. The molecule has 3 aromatic rings. The number of morpholine rings is 1. The molecule has 4 rings (SSSR count). The van der Waals surface area contributed by atoms with Gasteiger partial charge < -0.3 is 24.3 Å². The monoisotopic (exact) mass is 500 g/mol. The average molecular weight is 501 g/mol. The van der Waals surface area contributed by atoms with Gasteiger partial charge in [-0.1, -0.05) is 11.6 Å². The summed E-state index contributed by atoms with van der Waals surface area (Å²) < 4.78 is 23.9. The molecule has 0 atom stereocenters. The highest BCUT2D eigenvalue weighted by molar-refractivity contribution is 6.33. The van der Waals surface area contributed by atoms with Crippen LogP contribution in [-0.4, -0.2) is 73.8 Å². The molecule has 1 saturated heterocycles. The number of aromatic nitrogens is 2. The summed E-state index contributed by atoms with van der Waals surface area (Å²) in [6, 6.07) is 12.5. The van der Waals surface area contributed by atoms with Gasteiger partial charge in [-0.25, -0.2) is 0 Å². The second kappa shape index (κ2) is 11.9. The summed E-state index contributed by atoms with van der Waals surface area (Å²) in [6.45, 7) is 4.46.